The molecule has 1 aliphatic heterocycles. The highest BCUT2D eigenvalue weighted by atomic mass is 16.7. The quantitative estimate of drug-likeness (QED) is 0.0628. The summed E-state index contributed by atoms with van der Waals surface area (Å²) in [7, 11) is 4.27. The Bertz CT molecular complexity index is 601. The van der Waals surface area contributed by atoms with Gasteiger partial charge in [-0.05, 0) is 52.6 Å². The van der Waals surface area contributed by atoms with E-state index >= 15 is 0 Å². The van der Waals surface area contributed by atoms with Gasteiger partial charge in [-0.25, -0.2) is 0 Å². The lowest BCUT2D eigenvalue weighted by Crippen LogP contribution is -2.33. The van der Waals surface area contributed by atoms with Crippen LogP contribution in [0.3, 0.4) is 0 Å². The molecule has 2 atom stereocenters. The van der Waals surface area contributed by atoms with Gasteiger partial charge in [0.05, 0.1) is 12.7 Å². The Morgan fingerprint density at radius 2 is 0.951 bits per heavy atom. The molecule has 0 aromatic rings. The van der Waals surface area contributed by atoms with Gasteiger partial charge in [-0.3, -0.25) is 0 Å². The van der Waals surface area contributed by atoms with E-state index in [9.17, 15) is 0 Å². The van der Waals surface area contributed by atoms with Crippen molar-refractivity contribution in [3.63, 3.8) is 0 Å². The van der Waals surface area contributed by atoms with Crippen molar-refractivity contribution in [1.82, 2.24) is 4.90 Å². The Hall–Kier alpha value is -0.640. The SMILES string of the molecule is CCCCC/C=C\C=C/CCCCCCCC1(CCCCCCCCCCCCCCCC)OC[C@@H](CN(C)C)O1. The Morgan fingerprint density at radius 3 is 1.41 bits per heavy atom. The molecule has 1 saturated heterocycles. The second kappa shape index (κ2) is 28.1. The summed E-state index contributed by atoms with van der Waals surface area (Å²) < 4.78 is 13.0. The predicted molar refractivity (Wildman–Crippen MR) is 182 cm³/mol. The summed E-state index contributed by atoms with van der Waals surface area (Å²) >= 11 is 0. The first-order chi connectivity index (χ1) is 20.1. The molecule has 3 heteroatoms. The van der Waals surface area contributed by atoms with Crippen LogP contribution in [0, 0.1) is 0 Å². The number of hydrogen-bond donors (Lipinski definition) is 0. The van der Waals surface area contributed by atoms with E-state index in [1.807, 2.05) is 0 Å². The number of rotatable bonds is 30. The molecule has 0 bridgehead atoms. The molecule has 1 unspecified atom stereocenters. The van der Waals surface area contributed by atoms with E-state index in [1.54, 1.807) is 0 Å². The first-order valence-corrected chi connectivity index (χ1v) is 18.4. The highest BCUT2D eigenvalue weighted by Gasteiger charge is 2.40. The van der Waals surface area contributed by atoms with Crippen molar-refractivity contribution in [3.8, 4) is 0 Å². The number of nitrogens with zero attached hydrogens (tertiary/aromatic N) is 1. The summed E-state index contributed by atoms with van der Waals surface area (Å²) in [4.78, 5) is 2.23. The topological polar surface area (TPSA) is 21.7 Å². The van der Waals surface area contributed by atoms with E-state index in [4.69, 9.17) is 9.47 Å². The van der Waals surface area contributed by atoms with Crippen LogP contribution >= 0.6 is 0 Å². The van der Waals surface area contributed by atoms with Crippen LogP contribution in [-0.2, 0) is 9.47 Å². The molecule has 0 saturated carbocycles. The molecule has 3 nitrogen and oxygen atoms in total. The molecule has 0 aromatic carbocycles. The van der Waals surface area contributed by atoms with Gasteiger partial charge in [-0.2, -0.15) is 0 Å². The number of hydrogen-bond acceptors (Lipinski definition) is 3. The Balaban J connectivity index is 2.13. The lowest BCUT2D eigenvalue weighted by molar-refractivity contribution is -0.180. The average Bonchev–Trinajstić information content (AvgIpc) is 3.35. The summed E-state index contributed by atoms with van der Waals surface area (Å²) in [6.07, 6.45) is 44.1. The lowest BCUT2D eigenvalue weighted by Gasteiger charge is -2.29. The van der Waals surface area contributed by atoms with Crippen molar-refractivity contribution in [2.75, 3.05) is 27.2 Å². The third-order valence-electron chi connectivity index (χ3n) is 8.68. The van der Waals surface area contributed by atoms with Gasteiger partial charge in [0, 0.05) is 19.4 Å². The maximum atomic E-state index is 6.61. The minimum Gasteiger partial charge on any atom is -0.347 e. The molecule has 0 amide bonds. The fourth-order valence-electron chi connectivity index (χ4n) is 6.14. The maximum Gasteiger partial charge on any atom is 0.168 e. The number of unbranched alkanes of at least 4 members (excludes halogenated alkanes) is 21. The van der Waals surface area contributed by atoms with Crippen LogP contribution in [-0.4, -0.2) is 44.0 Å². The highest BCUT2D eigenvalue weighted by molar-refractivity contribution is 5.02. The van der Waals surface area contributed by atoms with Gasteiger partial charge in [-0.1, -0.05) is 154 Å². The number of ether oxygens (including phenoxy) is 2. The molecule has 0 radical (unpaired) electrons. The summed E-state index contributed by atoms with van der Waals surface area (Å²) in [5.74, 6) is -0.315. The van der Waals surface area contributed by atoms with Crippen LogP contribution in [0.4, 0.5) is 0 Å². The van der Waals surface area contributed by atoms with Gasteiger partial charge in [0.25, 0.3) is 0 Å². The fraction of sp³-hybridized carbons (Fsp3) is 0.895. The molecular weight excluding hydrogens is 502 g/mol. The van der Waals surface area contributed by atoms with Gasteiger partial charge >= 0.3 is 0 Å². The minimum atomic E-state index is -0.315. The van der Waals surface area contributed by atoms with Crippen molar-refractivity contribution in [3.05, 3.63) is 24.3 Å². The summed E-state index contributed by atoms with van der Waals surface area (Å²) in [5.41, 5.74) is 0. The van der Waals surface area contributed by atoms with Crippen LogP contribution in [0.5, 0.6) is 0 Å². The van der Waals surface area contributed by atoms with E-state index < -0.39 is 0 Å². The zero-order valence-corrected chi connectivity index (χ0v) is 28.4. The third-order valence-corrected chi connectivity index (χ3v) is 8.68. The van der Waals surface area contributed by atoms with Gasteiger partial charge in [0.15, 0.2) is 5.79 Å². The van der Waals surface area contributed by atoms with Crippen LogP contribution in [0.15, 0.2) is 24.3 Å². The minimum absolute atomic E-state index is 0.226. The van der Waals surface area contributed by atoms with Crippen molar-refractivity contribution in [2.45, 2.75) is 193 Å². The zero-order chi connectivity index (χ0) is 29.7. The normalized spacial score (nSPS) is 19.5. The predicted octanol–water partition coefficient (Wildman–Crippen LogP) is 12.0. The first kappa shape index (κ1) is 38.4. The van der Waals surface area contributed by atoms with Crippen molar-refractivity contribution < 1.29 is 9.47 Å². The van der Waals surface area contributed by atoms with Crippen LogP contribution in [0.25, 0.3) is 0 Å². The van der Waals surface area contributed by atoms with E-state index in [0.29, 0.717) is 0 Å². The smallest absolute Gasteiger partial charge is 0.168 e. The standard InChI is InChI=1S/C38H73NO2/c1-5-7-9-11-13-15-17-19-21-23-25-27-29-31-33-38(40-36-37(41-38)35-39(3)4)34-32-30-28-26-24-22-20-18-16-14-12-10-8-6-2/h13,15,17,19,37H,5-12,14,16,18,20-36H2,1-4H3/b15-13-,19-17-/t37-,38?/m1/s1. The van der Waals surface area contributed by atoms with Gasteiger partial charge in [-0.15, -0.1) is 0 Å². The second-order valence-electron chi connectivity index (χ2n) is 13.2. The van der Waals surface area contributed by atoms with Gasteiger partial charge in [0.2, 0.25) is 0 Å². The molecule has 242 valence electrons. The maximum absolute atomic E-state index is 6.61. The molecule has 0 aromatic heterocycles. The molecule has 1 heterocycles. The van der Waals surface area contributed by atoms with E-state index in [2.05, 4.69) is 57.1 Å². The van der Waals surface area contributed by atoms with Crippen LogP contribution in [0.2, 0.25) is 0 Å². The zero-order valence-electron chi connectivity index (χ0n) is 28.4. The van der Waals surface area contributed by atoms with Crippen molar-refractivity contribution in [2.24, 2.45) is 0 Å². The molecule has 1 fully saturated rings. The fourth-order valence-corrected chi connectivity index (χ4v) is 6.14. The van der Waals surface area contributed by atoms with E-state index in [0.717, 1.165) is 26.0 Å². The Labute approximate surface area is 258 Å². The summed E-state index contributed by atoms with van der Waals surface area (Å²) in [6.45, 7) is 6.29. The average molecular weight is 576 g/mol. The second-order valence-corrected chi connectivity index (χ2v) is 13.2. The summed E-state index contributed by atoms with van der Waals surface area (Å²) in [6, 6.07) is 0. The monoisotopic (exact) mass is 576 g/mol. The molecular formula is C38H73NO2. The largest absolute Gasteiger partial charge is 0.347 e. The molecule has 1 rings (SSSR count). The molecule has 0 N–H and O–H groups in total. The highest BCUT2D eigenvalue weighted by Crippen LogP contribution is 2.35. The first-order valence-electron chi connectivity index (χ1n) is 18.4. The number of allylic oxidation sites excluding steroid dienone is 4. The van der Waals surface area contributed by atoms with Gasteiger partial charge < -0.3 is 14.4 Å². The Kier molecular flexibility index (Phi) is 26.4. The van der Waals surface area contributed by atoms with Crippen LogP contribution < -0.4 is 0 Å². The van der Waals surface area contributed by atoms with Gasteiger partial charge in [0.1, 0.15) is 0 Å². The van der Waals surface area contributed by atoms with Crippen LogP contribution in [0.1, 0.15) is 181 Å². The Morgan fingerprint density at radius 1 is 0.561 bits per heavy atom. The van der Waals surface area contributed by atoms with E-state index in [-0.39, 0.29) is 11.9 Å². The summed E-state index contributed by atoms with van der Waals surface area (Å²) in [5, 5.41) is 0. The molecule has 0 spiro atoms. The molecule has 41 heavy (non-hydrogen) atoms. The molecule has 0 aliphatic carbocycles. The van der Waals surface area contributed by atoms with E-state index in [1.165, 1.54) is 154 Å². The third kappa shape index (κ3) is 23.5. The van der Waals surface area contributed by atoms with Crippen molar-refractivity contribution in [1.29, 1.82) is 0 Å². The lowest BCUT2D eigenvalue weighted by atomic mass is 9.98. The molecule has 1 aliphatic rings. The van der Waals surface area contributed by atoms with Crippen molar-refractivity contribution >= 4 is 0 Å². The number of likely N-dealkylation sites (N-methyl/N-ethyl adjacent to an activating group) is 1.